The summed E-state index contributed by atoms with van der Waals surface area (Å²) in [7, 11) is 0. The third kappa shape index (κ3) is 1.86. The highest BCUT2D eigenvalue weighted by Crippen LogP contribution is 2.65. The summed E-state index contributed by atoms with van der Waals surface area (Å²) in [6, 6.07) is 0. The van der Waals surface area contributed by atoms with Gasteiger partial charge in [-0.1, -0.05) is 19.4 Å². The molecule has 126 valence electrons. The van der Waals surface area contributed by atoms with Crippen LogP contribution in [0.3, 0.4) is 0 Å². The Bertz CT molecular complexity index is 579. The summed E-state index contributed by atoms with van der Waals surface area (Å²) >= 11 is 0. The number of fused-ring (bicyclic) bond motifs is 5. The minimum Gasteiger partial charge on any atom is -0.393 e. The van der Waals surface area contributed by atoms with Gasteiger partial charge < -0.3 is 9.90 Å². The first-order valence-electron chi connectivity index (χ1n) is 9.31. The van der Waals surface area contributed by atoms with Crippen LogP contribution in [0, 0.1) is 34.5 Å². The first-order valence-corrected chi connectivity index (χ1v) is 9.31. The highest BCUT2D eigenvalue weighted by molar-refractivity contribution is 5.94. The SMILES string of the molecule is CC1CC(=O)C=C2CC[C@@H]3[C@@H](CC[C@]4(C)C(O)CC[C@@H]34)[C@]21C=O. The van der Waals surface area contributed by atoms with Crippen LogP contribution >= 0.6 is 0 Å². The summed E-state index contributed by atoms with van der Waals surface area (Å²) in [6.07, 6.45) is 9.33. The van der Waals surface area contributed by atoms with Crippen LogP contribution in [0.5, 0.6) is 0 Å². The smallest absolute Gasteiger partial charge is 0.155 e. The molecule has 1 N–H and O–H groups in total. The Morgan fingerprint density at radius 1 is 1.22 bits per heavy atom. The highest BCUT2D eigenvalue weighted by Gasteiger charge is 2.61. The number of aliphatic hydroxyl groups is 1. The monoisotopic (exact) mass is 316 g/mol. The van der Waals surface area contributed by atoms with E-state index in [4.69, 9.17) is 0 Å². The predicted molar refractivity (Wildman–Crippen MR) is 87.7 cm³/mol. The Morgan fingerprint density at radius 2 is 2.00 bits per heavy atom. The fraction of sp³-hybridized carbons (Fsp3) is 0.800. The van der Waals surface area contributed by atoms with Crippen molar-refractivity contribution in [3.63, 3.8) is 0 Å². The molecule has 0 saturated heterocycles. The fourth-order valence-corrected chi connectivity index (χ4v) is 6.91. The standard InChI is InChI=1S/C20H28O3/c1-12-9-14(22)10-13-3-4-15-16-5-6-18(23)19(16,2)8-7-17(15)20(12,13)11-21/h10-12,15-18,23H,3-9H2,1-2H3/t12?,15-,16-,17+,18?,19-,20-/m0/s1. The largest absolute Gasteiger partial charge is 0.393 e. The lowest BCUT2D eigenvalue weighted by Gasteiger charge is -2.58. The molecule has 7 atom stereocenters. The van der Waals surface area contributed by atoms with Gasteiger partial charge in [0.1, 0.15) is 6.29 Å². The zero-order valence-corrected chi connectivity index (χ0v) is 14.3. The van der Waals surface area contributed by atoms with Gasteiger partial charge >= 0.3 is 0 Å². The average Bonchev–Trinajstić information content (AvgIpc) is 2.82. The van der Waals surface area contributed by atoms with Crippen molar-refractivity contribution in [3.8, 4) is 0 Å². The Balaban J connectivity index is 1.76. The molecule has 0 spiro atoms. The summed E-state index contributed by atoms with van der Waals surface area (Å²) in [5.74, 6) is 1.76. The lowest BCUT2D eigenvalue weighted by molar-refractivity contribution is -0.135. The average molecular weight is 316 g/mol. The van der Waals surface area contributed by atoms with Crippen molar-refractivity contribution in [1.29, 1.82) is 0 Å². The van der Waals surface area contributed by atoms with Gasteiger partial charge in [-0.05, 0) is 73.7 Å². The second kappa shape index (κ2) is 5.02. The van der Waals surface area contributed by atoms with Gasteiger partial charge in [-0.15, -0.1) is 0 Å². The maximum Gasteiger partial charge on any atom is 0.155 e. The first kappa shape index (κ1) is 15.6. The molecule has 0 bridgehead atoms. The van der Waals surface area contributed by atoms with Crippen LogP contribution < -0.4 is 0 Å². The minimum absolute atomic E-state index is 0.0418. The van der Waals surface area contributed by atoms with E-state index < -0.39 is 5.41 Å². The first-order chi connectivity index (χ1) is 10.9. The van der Waals surface area contributed by atoms with Gasteiger partial charge in [-0.2, -0.15) is 0 Å². The van der Waals surface area contributed by atoms with E-state index in [1.165, 1.54) is 6.29 Å². The van der Waals surface area contributed by atoms with Crippen LogP contribution in [-0.2, 0) is 9.59 Å². The number of aliphatic hydroxyl groups excluding tert-OH is 1. The summed E-state index contributed by atoms with van der Waals surface area (Å²) in [5.41, 5.74) is 0.742. The molecule has 0 aliphatic heterocycles. The molecule has 4 aliphatic rings. The summed E-state index contributed by atoms with van der Waals surface area (Å²) < 4.78 is 0. The molecule has 0 aromatic heterocycles. The number of hydrogen-bond donors (Lipinski definition) is 1. The van der Waals surface area contributed by atoms with Crippen LogP contribution in [0.25, 0.3) is 0 Å². The van der Waals surface area contributed by atoms with Crippen LogP contribution in [0.15, 0.2) is 11.6 Å². The quantitative estimate of drug-likeness (QED) is 0.755. The number of ketones is 1. The second-order valence-corrected chi connectivity index (χ2v) is 8.85. The second-order valence-electron chi connectivity index (χ2n) is 8.85. The predicted octanol–water partition coefficient (Wildman–Crippen LogP) is 3.30. The molecule has 0 aromatic rings. The van der Waals surface area contributed by atoms with Gasteiger partial charge in [0.05, 0.1) is 11.5 Å². The van der Waals surface area contributed by atoms with Gasteiger partial charge in [0.15, 0.2) is 5.78 Å². The molecule has 0 radical (unpaired) electrons. The Labute approximate surface area is 138 Å². The van der Waals surface area contributed by atoms with E-state index in [1.54, 1.807) is 6.08 Å². The molecule has 3 saturated carbocycles. The summed E-state index contributed by atoms with van der Waals surface area (Å²) in [4.78, 5) is 24.3. The number of rotatable bonds is 1. The molecule has 2 unspecified atom stereocenters. The number of allylic oxidation sites excluding steroid dienone is 1. The van der Waals surface area contributed by atoms with E-state index in [-0.39, 0.29) is 23.2 Å². The van der Waals surface area contributed by atoms with Gasteiger partial charge in [-0.3, -0.25) is 4.79 Å². The molecule has 4 rings (SSSR count). The van der Waals surface area contributed by atoms with Crippen molar-refractivity contribution in [1.82, 2.24) is 0 Å². The third-order valence-corrected chi connectivity index (χ3v) is 8.16. The van der Waals surface area contributed by atoms with Crippen molar-refractivity contribution in [2.24, 2.45) is 34.5 Å². The maximum atomic E-state index is 12.3. The van der Waals surface area contributed by atoms with E-state index in [9.17, 15) is 14.7 Å². The summed E-state index contributed by atoms with van der Waals surface area (Å²) in [6.45, 7) is 4.36. The Hall–Kier alpha value is -0.960. The zero-order chi connectivity index (χ0) is 16.4. The lowest BCUT2D eigenvalue weighted by Crippen LogP contribution is -2.55. The maximum absolute atomic E-state index is 12.3. The van der Waals surface area contributed by atoms with E-state index in [2.05, 4.69) is 13.8 Å². The van der Waals surface area contributed by atoms with E-state index in [0.717, 1.165) is 44.1 Å². The third-order valence-electron chi connectivity index (χ3n) is 8.16. The van der Waals surface area contributed by atoms with Gasteiger partial charge in [0, 0.05) is 6.42 Å². The van der Waals surface area contributed by atoms with Crippen molar-refractivity contribution in [2.75, 3.05) is 0 Å². The Kier molecular flexibility index (Phi) is 3.39. The molecule has 4 aliphatic carbocycles. The number of carbonyl (C=O) groups is 2. The number of carbonyl (C=O) groups excluding carboxylic acids is 2. The molecule has 3 fully saturated rings. The van der Waals surface area contributed by atoms with Crippen molar-refractivity contribution in [3.05, 3.63) is 11.6 Å². The van der Waals surface area contributed by atoms with Crippen LogP contribution in [0.2, 0.25) is 0 Å². The Morgan fingerprint density at radius 3 is 2.74 bits per heavy atom. The zero-order valence-electron chi connectivity index (χ0n) is 14.3. The normalized spacial score (nSPS) is 52.2. The highest BCUT2D eigenvalue weighted by atomic mass is 16.3. The van der Waals surface area contributed by atoms with Gasteiger partial charge in [0.2, 0.25) is 0 Å². The van der Waals surface area contributed by atoms with Crippen molar-refractivity contribution < 1.29 is 14.7 Å². The molecule has 0 amide bonds. The van der Waals surface area contributed by atoms with Crippen LogP contribution in [0.1, 0.15) is 58.8 Å². The molecule has 0 aromatic carbocycles. The molecule has 3 nitrogen and oxygen atoms in total. The van der Waals surface area contributed by atoms with E-state index >= 15 is 0 Å². The van der Waals surface area contributed by atoms with Crippen LogP contribution in [-0.4, -0.2) is 23.3 Å². The molecular weight excluding hydrogens is 288 g/mol. The molecule has 23 heavy (non-hydrogen) atoms. The van der Waals surface area contributed by atoms with Crippen LogP contribution in [0.4, 0.5) is 0 Å². The fourth-order valence-electron chi connectivity index (χ4n) is 6.91. The van der Waals surface area contributed by atoms with Gasteiger partial charge in [0.25, 0.3) is 0 Å². The number of aldehydes is 1. The molecule has 0 heterocycles. The van der Waals surface area contributed by atoms with Gasteiger partial charge in [-0.25, -0.2) is 0 Å². The van der Waals surface area contributed by atoms with Crippen molar-refractivity contribution >= 4 is 12.1 Å². The molecular formula is C20H28O3. The number of hydrogen-bond acceptors (Lipinski definition) is 3. The van der Waals surface area contributed by atoms with E-state index in [1.807, 2.05) is 0 Å². The minimum atomic E-state index is -0.411. The lowest BCUT2D eigenvalue weighted by atomic mass is 9.45. The van der Waals surface area contributed by atoms with E-state index in [0.29, 0.717) is 24.2 Å². The molecule has 3 heteroatoms. The topological polar surface area (TPSA) is 54.4 Å². The summed E-state index contributed by atoms with van der Waals surface area (Å²) in [5, 5.41) is 10.5. The van der Waals surface area contributed by atoms with Crippen molar-refractivity contribution in [2.45, 2.75) is 64.9 Å².